The number of rotatable bonds is 6. The summed E-state index contributed by atoms with van der Waals surface area (Å²) in [5.74, 6) is 0.481. The molecule has 5 heteroatoms. The van der Waals surface area contributed by atoms with Gasteiger partial charge in [0.05, 0.1) is 0 Å². The van der Waals surface area contributed by atoms with Crippen LogP contribution in [-0.2, 0) is 0 Å². The van der Waals surface area contributed by atoms with Crippen molar-refractivity contribution in [2.45, 2.75) is 38.0 Å². The number of nitrogens with one attached hydrogen (secondary N) is 2. The van der Waals surface area contributed by atoms with E-state index in [1.807, 2.05) is 24.3 Å². The molecule has 0 aliphatic carbocycles. The SMILES string of the molecule is Cl.Fc1ccc(C(CCCC2CNCC23CCNCC3)c2ccc(F)cc2)cc1. The second-order valence-electron chi connectivity index (χ2n) is 8.53. The van der Waals surface area contributed by atoms with E-state index in [1.54, 1.807) is 0 Å². The van der Waals surface area contributed by atoms with Gasteiger partial charge < -0.3 is 10.6 Å². The van der Waals surface area contributed by atoms with Gasteiger partial charge in [-0.1, -0.05) is 30.7 Å². The van der Waals surface area contributed by atoms with Crippen molar-refractivity contribution in [1.82, 2.24) is 10.6 Å². The minimum absolute atomic E-state index is 0. The van der Waals surface area contributed by atoms with Crippen molar-refractivity contribution in [1.29, 1.82) is 0 Å². The third-order valence-corrected chi connectivity index (χ3v) is 6.92. The van der Waals surface area contributed by atoms with Crippen molar-refractivity contribution in [3.63, 3.8) is 0 Å². The molecule has 2 aromatic rings. The molecule has 0 bridgehead atoms. The molecule has 0 saturated carbocycles. The predicted octanol–water partition coefficient (Wildman–Crippen LogP) is 5.28. The molecule has 2 N–H and O–H groups in total. The molecule has 1 spiro atoms. The van der Waals surface area contributed by atoms with Crippen molar-refractivity contribution in [3.8, 4) is 0 Å². The Morgan fingerprint density at radius 3 is 1.97 bits per heavy atom. The van der Waals surface area contributed by atoms with Crippen LogP contribution in [0.2, 0.25) is 0 Å². The smallest absolute Gasteiger partial charge is 0.123 e. The maximum atomic E-state index is 13.4. The van der Waals surface area contributed by atoms with Gasteiger partial charge in [-0.2, -0.15) is 0 Å². The summed E-state index contributed by atoms with van der Waals surface area (Å²) in [5.41, 5.74) is 2.68. The van der Waals surface area contributed by atoms with E-state index in [2.05, 4.69) is 10.6 Å². The minimum Gasteiger partial charge on any atom is -0.317 e. The van der Waals surface area contributed by atoms with Crippen molar-refractivity contribution in [2.24, 2.45) is 11.3 Å². The fraction of sp³-hybridized carbons (Fsp3) is 0.500. The number of hydrogen-bond acceptors (Lipinski definition) is 2. The van der Waals surface area contributed by atoms with Crippen LogP contribution in [0.25, 0.3) is 0 Å². The molecule has 2 aliphatic heterocycles. The second kappa shape index (κ2) is 10.0. The molecule has 158 valence electrons. The highest BCUT2D eigenvalue weighted by molar-refractivity contribution is 5.85. The lowest BCUT2D eigenvalue weighted by atomic mass is 9.69. The Bertz CT molecular complexity index is 712. The second-order valence-corrected chi connectivity index (χ2v) is 8.53. The zero-order valence-electron chi connectivity index (χ0n) is 16.8. The lowest BCUT2D eigenvalue weighted by molar-refractivity contribution is 0.149. The third kappa shape index (κ3) is 5.17. The molecule has 2 fully saturated rings. The van der Waals surface area contributed by atoms with Crippen LogP contribution < -0.4 is 10.6 Å². The lowest BCUT2D eigenvalue weighted by Crippen LogP contribution is -2.41. The van der Waals surface area contributed by atoms with Crippen LogP contribution in [-0.4, -0.2) is 26.2 Å². The first-order chi connectivity index (χ1) is 13.7. The Balaban J connectivity index is 0.00000240. The molecule has 2 aliphatic rings. The maximum absolute atomic E-state index is 13.4. The Labute approximate surface area is 178 Å². The summed E-state index contributed by atoms with van der Waals surface area (Å²) in [6.07, 6.45) is 5.88. The van der Waals surface area contributed by atoms with Crippen LogP contribution in [0.5, 0.6) is 0 Å². The summed E-state index contributed by atoms with van der Waals surface area (Å²) >= 11 is 0. The lowest BCUT2D eigenvalue weighted by Gasteiger charge is -2.38. The Hall–Kier alpha value is -1.49. The molecule has 2 heterocycles. The third-order valence-electron chi connectivity index (χ3n) is 6.92. The Morgan fingerprint density at radius 1 is 0.862 bits per heavy atom. The Kier molecular flexibility index (Phi) is 7.66. The van der Waals surface area contributed by atoms with Gasteiger partial charge in [-0.15, -0.1) is 12.4 Å². The van der Waals surface area contributed by atoms with Crippen molar-refractivity contribution < 1.29 is 8.78 Å². The van der Waals surface area contributed by atoms with Crippen LogP contribution in [0.1, 0.15) is 49.1 Å². The molecule has 2 nitrogen and oxygen atoms in total. The van der Waals surface area contributed by atoms with Gasteiger partial charge in [0, 0.05) is 12.5 Å². The summed E-state index contributed by atoms with van der Waals surface area (Å²) in [6.45, 7) is 4.54. The standard InChI is InChI=1S/C24H30F2N2.ClH/c25-21-8-4-18(5-9-21)23(19-6-10-22(26)11-7-19)3-1-2-20-16-28-17-24(20)12-14-27-15-13-24;/h4-11,20,23,27-28H,1-3,12-17H2;1H. The van der Waals surface area contributed by atoms with E-state index in [0.717, 1.165) is 56.1 Å². The maximum Gasteiger partial charge on any atom is 0.123 e. The van der Waals surface area contributed by atoms with Crippen molar-refractivity contribution in [2.75, 3.05) is 26.2 Å². The number of halogens is 3. The van der Waals surface area contributed by atoms with E-state index in [4.69, 9.17) is 0 Å². The summed E-state index contributed by atoms with van der Waals surface area (Å²) in [6, 6.07) is 13.6. The normalized spacial score (nSPS) is 20.7. The Morgan fingerprint density at radius 2 is 1.41 bits per heavy atom. The predicted molar refractivity (Wildman–Crippen MR) is 117 cm³/mol. The summed E-state index contributed by atoms with van der Waals surface area (Å²) in [5, 5.41) is 7.13. The van der Waals surface area contributed by atoms with Gasteiger partial charge in [-0.3, -0.25) is 0 Å². The highest BCUT2D eigenvalue weighted by Gasteiger charge is 2.42. The van der Waals surface area contributed by atoms with Gasteiger partial charge in [-0.05, 0) is 92.0 Å². The molecule has 4 rings (SSSR count). The summed E-state index contributed by atoms with van der Waals surface area (Å²) in [7, 11) is 0. The molecule has 0 radical (unpaired) electrons. The summed E-state index contributed by atoms with van der Waals surface area (Å²) in [4.78, 5) is 0. The van der Waals surface area contributed by atoms with E-state index in [1.165, 1.54) is 43.5 Å². The fourth-order valence-electron chi connectivity index (χ4n) is 5.26. The van der Waals surface area contributed by atoms with Crippen LogP contribution >= 0.6 is 12.4 Å². The monoisotopic (exact) mass is 420 g/mol. The largest absolute Gasteiger partial charge is 0.317 e. The topological polar surface area (TPSA) is 24.1 Å². The number of hydrogen-bond donors (Lipinski definition) is 2. The molecule has 2 aromatic carbocycles. The molecule has 0 aromatic heterocycles. The minimum atomic E-state index is -0.216. The first-order valence-corrected chi connectivity index (χ1v) is 10.6. The van der Waals surface area contributed by atoms with Crippen LogP contribution in [0.3, 0.4) is 0 Å². The van der Waals surface area contributed by atoms with Gasteiger partial charge >= 0.3 is 0 Å². The zero-order chi connectivity index (χ0) is 19.4. The molecule has 1 atom stereocenters. The number of piperidine rings is 1. The molecule has 0 amide bonds. The molecule has 29 heavy (non-hydrogen) atoms. The van der Waals surface area contributed by atoms with E-state index >= 15 is 0 Å². The highest BCUT2D eigenvalue weighted by atomic mass is 35.5. The zero-order valence-corrected chi connectivity index (χ0v) is 17.6. The van der Waals surface area contributed by atoms with Crippen molar-refractivity contribution in [3.05, 3.63) is 71.3 Å². The van der Waals surface area contributed by atoms with E-state index in [-0.39, 0.29) is 30.0 Å². The van der Waals surface area contributed by atoms with Crippen LogP contribution in [0, 0.1) is 23.0 Å². The first kappa shape index (κ1) is 22.2. The fourth-order valence-corrected chi connectivity index (χ4v) is 5.26. The van der Waals surface area contributed by atoms with Gasteiger partial charge in [0.2, 0.25) is 0 Å². The average Bonchev–Trinajstić information content (AvgIpc) is 3.09. The van der Waals surface area contributed by atoms with Crippen LogP contribution in [0.4, 0.5) is 8.78 Å². The summed E-state index contributed by atoms with van der Waals surface area (Å²) < 4.78 is 26.8. The van der Waals surface area contributed by atoms with Crippen LogP contribution in [0.15, 0.2) is 48.5 Å². The molecular formula is C24H31ClF2N2. The van der Waals surface area contributed by atoms with E-state index < -0.39 is 0 Å². The van der Waals surface area contributed by atoms with E-state index in [0.29, 0.717) is 5.41 Å². The molecular weight excluding hydrogens is 390 g/mol. The van der Waals surface area contributed by atoms with Gasteiger partial charge in [0.15, 0.2) is 0 Å². The molecule has 1 unspecified atom stereocenters. The van der Waals surface area contributed by atoms with E-state index in [9.17, 15) is 8.78 Å². The van der Waals surface area contributed by atoms with Crippen molar-refractivity contribution >= 4 is 12.4 Å². The highest BCUT2D eigenvalue weighted by Crippen LogP contribution is 2.43. The quantitative estimate of drug-likeness (QED) is 0.664. The molecule has 2 saturated heterocycles. The first-order valence-electron chi connectivity index (χ1n) is 10.6. The average molecular weight is 421 g/mol. The van der Waals surface area contributed by atoms with Gasteiger partial charge in [-0.25, -0.2) is 8.78 Å². The van der Waals surface area contributed by atoms with Gasteiger partial charge in [0.1, 0.15) is 11.6 Å². The number of benzene rings is 2. The van der Waals surface area contributed by atoms with Gasteiger partial charge in [0.25, 0.3) is 0 Å².